The molecule has 0 spiro atoms. The minimum absolute atomic E-state index is 0.229. The quantitative estimate of drug-likeness (QED) is 0.390. The zero-order valence-electron chi connectivity index (χ0n) is 12.0. The third-order valence-corrected chi connectivity index (χ3v) is 3.49. The standard InChI is InChI=1S/C12H23ClN2O6/c1-6(2)15(12(20)14-4-3-13)11-10(19)9(18)8(17)7(5-16)21-11/h6-11,16-19H,3-5H2,1-2H3,(H,14,20)/t7-,8-,9+,10-,11?/m1/s1. The van der Waals surface area contributed by atoms with E-state index in [1.165, 1.54) is 4.90 Å². The molecule has 0 bridgehead atoms. The summed E-state index contributed by atoms with van der Waals surface area (Å²) < 4.78 is 5.38. The molecule has 1 rings (SSSR count). The topological polar surface area (TPSA) is 122 Å². The zero-order valence-corrected chi connectivity index (χ0v) is 12.8. The van der Waals surface area contributed by atoms with Crippen molar-refractivity contribution in [1.29, 1.82) is 0 Å². The molecule has 9 heteroatoms. The Morgan fingerprint density at radius 2 is 1.90 bits per heavy atom. The Bertz CT molecular complexity index is 344. The van der Waals surface area contributed by atoms with Crippen molar-refractivity contribution in [2.45, 2.75) is 50.5 Å². The molecule has 0 aromatic carbocycles. The molecule has 0 saturated carbocycles. The largest absolute Gasteiger partial charge is 0.394 e. The molecule has 5 atom stereocenters. The number of aliphatic hydroxyl groups is 4. The third kappa shape index (κ3) is 4.18. The highest BCUT2D eigenvalue weighted by Crippen LogP contribution is 2.25. The van der Waals surface area contributed by atoms with Gasteiger partial charge >= 0.3 is 6.03 Å². The van der Waals surface area contributed by atoms with Crippen LogP contribution in [-0.2, 0) is 4.74 Å². The van der Waals surface area contributed by atoms with Gasteiger partial charge < -0.3 is 30.5 Å². The Labute approximate surface area is 128 Å². The summed E-state index contributed by atoms with van der Waals surface area (Å²) in [5.41, 5.74) is 0. The monoisotopic (exact) mass is 326 g/mol. The minimum atomic E-state index is -1.53. The van der Waals surface area contributed by atoms with E-state index in [0.29, 0.717) is 0 Å². The number of amides is 2. The van der Waals surface area contributed by atoms with Crippen molar-refractivity contribution in [2.75, 3.05) is 19.0 Å². The van der Waals surface area contributed by atoms with Crippen LogP contribution in [0.2, 0.25) is 0 Å². The lowest BCUT2D eigenvalue weighted by atomic mass is 9.97. The number of ether oxygens (including phenoxy) is 1. The smallest absolute Gasteiger partial charge is 0.319 e. The Balaban J connectivity index is 2.92. The maximum Gasteiger partial charge on any atom is 0.319 e. The first-order chi connectivity index (χ1) is 9.84. The van der Waals surface area contributed by atoms with Crippen LogP contribution in [-0.4, -0.2) is 87.1 Å². The number of hydrogen-bond donors (Lipinski definition) is 5. The average Bonchev–Trinajstić information content (AvgIpc) is 2.45. The highest BCUT2D eigenvalue weighted by Gasteiger charge is 2.47. The fourth-order valence-corrected chi connectivity index (χ4v) is 2.30. The minimum Gasteiger partial charge on any atom is -0.394 e. The molecule has 0 aliphatic carbocycles. The summed E-state index contributed by atoms with van der Waals surface area (Å²) in [5, 5.41) is 41.3. The van der Waals surface area contributed by atoms with Gasteiger partial charge in [0, 0.05) is 18.5 Å². The summed E-state index contributed by atoms with van der Waals surface area (Å²) in [6.45, 7) is 3.11. The van der Waals surface area contributed by atoms with Crippen LogP contribution in [0.25, 0.3) is 0 Å². The Morgan fingerprint density at radius 1 is 1.29 bits per heavy atom. The number of carbonyl (C=O) groups excluding carboxylic acids is 1. The van der Waals surface area contributed by atoms with Gasteiger partial charge in [-0.2, -0.15) is 0 Å². The summed E-state index contributed by atoms with van der Waals surface area (Å²) in [4.78, 5) is 13.3. The fraction of sp³-hybridized carbons (Fsp3) is 0.917. The molecule has 2 amide bonds. The first kappa shape index (κ1) is 18.4. The number of carbonyl (C=O) groups is 1. The van der Waals surface area contributed by atoms with Crippen molar-refractivity contribution in [1.82, 2.24) is 10.2 Å². The van der Waals surface area contributed by atoms with Crippen molar-refractivity contribution in [2.24, 2.45) is 0 Å². The molecule has 0 radical (unpaired) electrons. The lowest BCUT2D eigenvalue weighted by molar-refractivity contribution is -0.260. The second-order valence-electron chi connectivity index (χ2n) is 5.14. The summed E-state index contributed by atoms with van der Waals surface area (Å²) in [6.07, 6.45) is -6.72. The van der Waals surface area contributed by atoms with E-state index in [1.807, 2.05) is 0 Å². The lowest BCUT2D eigenvalue weighted by Gasteiger charge is -2.45. The van der Waals surface area contributed by atoms with Crippen molar-refractivity contribution < 1.29 is 30.0 Å². The van der Waals surface area contributed by atoms with Gasteiger partial charge in [-0.3, -0.25) is 4.90 Å². The van der Waals surface area contributed by atoms with Gasteiger partial charge in [0.15, 0.2) is 6.23 Å². The van der Waals surface area contributed by atoms with Crippen LogP contribution >= 0.6 is 11.6 Å². The van der Waals surface area contributed by atoms with Gasteiger partial charge in [-0.05, 0) is 13.8 Å². The van der Waals surface area contributed by atoms with Gasteiger partial charge in [0.2, 0.25) is 0 Å². The van der Waals surface area contributed by atoms with E-state index in [4.69, 9.17) is 21.4 Å². The molecule has 21 heavy (non-hydrogen) atoms. The number of aliphatic hydroxyl groups excluding tert-OH is 4. The molecule has 1 unspecified atom stereocenters. The van der Waals surface area contributed by atoms with Gasteiger partial charge in [0.1, 0.15) is 24.4 Å². The Hall–Kier alpha value is -0.640. The molecule has 0 aromatic rings. The molecule has 124 valence electrons. The van der Waals surface area contributed by atoms with Crippen LogP contribution < -0.4 is 5.32 Å². The molecule has 5 N–H and O–H groups in total. The molecule has 0 aromatic heterocycles. The summed E-state index contributed by atoms with van der Waals surface area (Å²) >= 11 is 5.51. The molecule has 1 saturated heterocycles. The molecule has 1 aliphatic heterocycles. The first-order valence-electron chi connectivity index (χ1n) is 6.77. The van der Waals surface area contributed by atoms with Gasteiger partial charge in [-0.1, -0.05) is 0 Å². The Morgan fingerprint density at radius 3 is 2.38 bits per heavy atom. The number of hydrogen-bond acceptors (Lipinski definition) is 6. The van der Waals surface area contributed by atoms with E-state index < -0.39 is 43.3 Å². The Kier molecular flexibility index (Phi) is 7.11. The summed E-state index contributed by atoms with van der Waals surface area (Å²) in [7, 11) is 0. The first-order valence-corrected chi connectivity index (χ1v) is 7.31. The average molecular weight is 327 g/mol. The van der Waals surface area contributed by atoms with Crippen LogP contribution in [0.1, 0.15) is 13.8 Å². The SMILES string of the molecule is CC(C)N(C(=O)NCCCl)C1O[C@H](CO)[C@@H](O)[C@H](O)[C@H]1O. The second-order valence-corrected chi connectivity index (χ2v) is 5.52. The molecule has 1 fully saturated rings. The number of urea groups is 1. The molecular weight excluding hydrogens is 304 g/mol. The highest BCUT2D eigenvalue weighted by atomic mass is 35.5. The molecule has 1 heterocycles. The number of alkyl halides is 1. The van der Waals surface area contributed by atoms with Gasteiger partial charge in [-0.25, -0.2) is 4.79 Å². The molecule has 8 nitrogen and oxygen atoms in total. The van der Waals surface area contributed by atoms with Crippen molar-refractivity contribution in [3.8, 4) is 0 Å². The van der Waals surface area contributed by atoms with Crippen LogP contribution in [0, 0.1) is 0 Å². The van der Waals surface area contributed by atoms with E-state index in [0.717, 1.165) is 0 Å². The number of nitrogens with one attached hydrogen (secondary N) is 1. The molecular formula is C12H23ClN2O6. The van der Waals surface area contributed by atoms with E-state index >= 15 is 0 Å². The zero-order chi connectivity index (χ0) is 16.2. The second kappa shape index (κ2) is 8.11. The number of halogens is 1. The van der Waals surface area contributed by atoms with Crippen molar-refractivity contribution >= 4 is 17.6 Å². The number of rotatable bonds is 5. The maximum absolute atomic E-state index is 12.1. The normalized spacial score (nSPS) is 33.0. The fourth-order valence-electron chi connectivity index (χ4n) is 2.20. The van der Waals surface area contributed by atoms with Gasteiger partial charge in [0.25, 0.3) is 0 Å². The summed E-state index contributed by atoms with van der Waals surface area (Å²) in [5.74, 6) is 0.229. The van der Waals surface area contributed by atoms with E-state index in [1.54, 1.807) is 13.8 Å². The lowest BCUT2D eigenvalue weighted by Crippen LogP contribution is -2.66. The third-order valence-electron chi connectivity index (χ3n) is 3.30. The molecule has 1 aliphatic rings. The van der Waals surface area contributed by atoms with Gasteiger partial charge in [0.05, 0.1) is 6.61 Å². The van der Waals surface area contributed by atoms with Crippen molar-refractivity contribution in [3.63, 3.8) is 0 Å². The summed E-state index contributed by atoms with van der Waals surface area (Å²) in [6, 6.07) is -0.864. The van der Waals surface area contributed by atoms with Gasteiger partial charge in [-0.15, -0.1) is 11.6 Å². The van der Waals surface area contributed by atoms with Crippen LogP contribution in [0.5, 0.6) is 0 Å². The maximum atomic E-state index is 12.1. The van der Waals surface area contributed by atoms with Crippen LogP contribution in [0.15, 0.2) is 0 Å². The van der Waals surface area contributed by atoms with Crippen LogP contribution in [0.3, 0.4) is 0 Å². The predicted octanol–water partition coefficient (Wildman–Crippen LogP) is -1.55. The van der Waals surface area contributed by atoms with E-state index in [2.05, 4.69) is 5.32 Å². The van der Waals surface area contributed by atoms with Crippen molar-refractivity contribution in [3.05, 3.63) is 0 Å². The van der Waals surface area contributed by atoms with E-state index in [-0.39, 0.29) is 18.5 Å². The predicted molar refractivity (Wildman–Crippen MR) is 74.9 cm³/mol. The van der Waals surface area contributed by atoms with E-state index in [9.17, 15) is 20.1 Å². The number of nitrogens with zero attached hydrogens (tertiary/aromatic N) is 1. The highest BCUT2D eigenvalue weighted by molar-refractivity contribution is 6.18. The van der Waals surface area contributed by atoms with Crippen LogP contribution in [0.4, 0.5) is 4.79 Å².